The van der Waals surface area contributed by atoms with Gasteiger partial charge >= 0.3 is 0 Å². The summed E-state index contributed by atoms with van der Waals surface area (Å²) in [6, 6.07) is 0.570. The molecular weight excluding hydrogens is 228 g/mol. The fraction of sp³-hybridized carbons (Fsp3) is 0.583. The molecule has 6 nitrogen and oxygen atoms in total. The van der Waals surface area contributed by atoms with Gasteiger partial charge in [0.2, 0.25) is 0 Å². The summed E-state index contributed by atoms with van der Waals surface area (Å²) >= 11 is 0. The average Bonchev–Trinajstić information content (AvgIpc) is 3.06. The minimum Gasteiger partial charge on any atom is -0.350 e. The Kier molecular flexibility index (Phi) is 2.23. The Hall–Kier alpha value is -1.69. The van der Waals surface area contributed by atoms with Gasteiger partial charge in [-0.2, -0.15) is 0 Å². The first kappa shape index (κ1) is 10.3. The molecule has 6 heteroatoms. The molecule has 0 radical (unpaired) electrons. The maximum absolute atomic E-state index is 4.48. The van der Waals surface area contributed by atoms with Crippen LogP contribution in [0.4, 0.5) is 5.82 Å². The lowest BCUT2D eigenvalue weighted by molar-refractivity contribution is 0.384. The number of H-pyrrole nitrogens is 1. The minimum absolute atomic E-state index is 0.570. The van der Waals surface area contributed by atoms with E-state index in [1.54, 1.807) is 12.7 Å². The summed E-state index contributed by atoms with van der Waals surface area (Å²) in [4.78, 5) is 18.5. The van der Waals surface area contributed by atoms with Crippen molar-refractivity contribution >= 4 is 17.0 Å². The Bertz CT molecular complexity index is 564. The van der Waals surface area contributed by atoms with Crippen LogP contribution in [0.15, 0.2) is 12.7 Å². The molecule has 2 fully saturated rings. The Morgan fingerprint density at radius 3 is 3.22 bits per heavy atom. The fourth-order valence-electron chi connectivity index (χ4n) is 3.30. The third-order valence-electron chi connectivity index (χ3n) is 4.15. The molecule has 4 heterocycles. The number of anilines is 1. The van der Waals surface area contributed by atoms with Crippen LogP contribution in [0, 0.1) is 5.92 Å². The first-order valence-corrected chi connectivity index (χ1v) is 6.55. The number of nitrogens with zero attached hydrogens (tertiary/aromatic N) is 4. The van der Waals surface area contributed by atoms with Gasteiger partial charge in [-0.3, -0.25) is 0 Å². The summed E-state index contributed by atoms with van der Waals surface area (Å²) in [5, 5.41) is 3.50. The zero-order chi connectivity index (χ0) is 11.9. The predicted molar refractivity (Wildman–Crippen MR) is 68.4 cm³/mol. The maximum Gasteiger partial charge on any atom is 0.182 e. The van der Waals surface area contributed by atoms with Gasteiger partial charge in [-0.1, -0.05) is 0 Å². The van der Waals surface area contributed by atoms with E-state index in [-0.39, 0.29) is 0 Å². The van der Waals surface area contributed by atoms with E-state index in [2.05, 4.69) is 30.2 Å². The van der Waals surface area contributed by atoms with E-state index in [1.165, 1.54) is 12.8 Å². The first-order valence-electron chi connectivity index (χ1n) is 6.55. The standard InChI is InChI=1S/C12H16N6/c1-2-8-4-13-5-9(8)18(3-1)12-10-11(15-6-14-10)16-7-17-12/h6-9,13H,1-5H2,(H,14,15,16,17). The molecule has 18 heavy (non-hydrogen) atoms. The molecule has 0 amide bonds. The molecule has 0 aromatic carbocycles. The maximum atomic E-state index is 4.48. The van der Waals surface area contributed by atoms with Gasteiger partial charge < -0.3 is 15.2 Å². The Morgan fingerprint density at radius 2 is 2.22 bits per heavy atom. The van der Waals surface area contributed by atoms with E-state index >= 15 is 0 Å². The van der Waals surface area contributed by atoms with E-state index in [0.717, 1.165) is 42.5 Å². The lowest BCUT2D eigenvalue weighted by Gasteiger charge is -2.37. The number of rotatable bonds is 1. The quantitative estimate of drug-likeness (QED) is 0.766. The fourth-order valence-corrected chi connectivity index (χ4v) is 3.30. The monoisotopic (exact) mass is 244 g/mol. The van der Waals surface area contributed by atoms with Crippen molar-refractivity contribution < 1.29 is 0 Å². The molecule has 4 rings (SSSR count). The second-order valence-corrected chi connectivity index (χ2v) is 5.12. The summed E-state index contributed by atoms with van der Waals surface area (Å²) in [6.45, 7) is 3.27. The van der Waals surface area contributed by atoms with Gasteiger partial charge in [-0.05, 0) is 18.8 Å². The number of aromatic amines is 1. The van der Waals surface area contributed by atoms with Crippen LogP contribution in [-0.2, 0) is 0 Å². The highest BCUT2D eigenvalue weighted by atomic mass is 15.3. The highest BCUT2D eigenvalue weighted by Gasteiger charge is 2.36. The van der Waals surface area contributed by atoms with Crippen LogP contribution in [0.25, 0.3) is 11.2 Å². The largest absolute Gasteiger partial charge is 0.350 e. The van der Waals surface area contributed by atoms with Crippen LogP contribution >= 0.6 is 0 Å². The van der Waals surface area contributed by atoms with Gasteiger partial charge in [0.15, 0.2) is 11.5 Å². The van der Waals surface area contributed by atoms with Crippen molar-refractivity contribution in [3.63, 3.8) is 0 Å². The van der Waals surface area contributed by atoms with Crippen molar-refractivity contribution in [1.29, 1.82) is 0 Å². The summed E-state index contributed by atoms with van der Waals surface area (Å²) < 4.78 is 0. The topological polar surface area (TPSA) is 69.7 Å². The summed E-state index contributed by atoms with van der Waals surface area (Å²) in [7, 11) is 0. The van der Waals surface area contributed by atoms with Crippen LogP contribution in [0.5, 0.6) is 0 Å². The molecule has 2 aromatic rings. The molecule has 2 N–H and O–H groups in total. The number of hydrogen-bond donors (Lipinski definition) is 2. The molecule has 2 aliphatic heterocycles. The number of piperidine rings is 1. The first-order chi connectivity index (χ1) is 8.93. The molecule has 2 aliphatic rings. The molecule has 2 saturated heterocycles. The van der Waals surface area contributed by atoms with Gasteiger partial charge in [0.1, 0.15) is 11.8 Å². The van der Waals surface area contributed by atoms with E-state index in [9.17, 15) is 0 Å². The third kappa shape index (κ3) is 1.42. The smallest absolute Gasteiger partial charge is 0.182 e. The van der Waals surface area contributed by atoms with Crippen molar-refractivity contribution in [3.8, 4) is 0 Å². The average molecular weight is 244 g/mol. The molecule has 0 bridgehead atoms. The van der Waals surface area contributed by atoms with Crippen LogP contribution in [0.1, 0.15) is 12.8 Å². The van der Waals surface area contributed by atoms with Crippen molar-refractivity contribution in [2.75, 3.05) is 24.5 Å². The predicted octanol–water partition coefficient (Wildman–Crippen LogP) is 0.541. The van der Waals surface area contributed by atoms with Gasteiger partial charge in [-0.15, -0.1) is 0 Å². The second-order valence-electron chi connectivity index (χ2n) is 5.12. The van der Waals surface area contributed by atoms with Crippen molar-refractivity contribution in [2.24, 2.45) is 5.92 Å². The van der Waals surface area contributed by atoms with Gasteiger partial charge in [0, 0.05) is 25.7 Å². The third-order valence-corrected chi connectivity index (χ3v) is 4.15. The Balaban J connectivity index is 1.79. The van der Waals surface area contributed by atoms with E-state index in [0.29, 0.717) is 6.04 Å². The Labute approximate surface area is 105 Å². The van der Waals surface area contributed by atoms with Crippen molar-refractivity contribution in [1.82, 2.24) is 25.3 Å². The van der Waals surface area contributed by atoms with Crippen molar-refractivity contribution in [2.45, 2.75) is 18.9 Å². The van der Waals surface area contributed by atoms with Crippen molar-refractivity contribution in [3.05, 3.63) is 12.7 Å². The van der Waals surface area contributed by atoms with Crippen LogP contribution in [0.2, 0.25) is 0 Å². The normalized spacial score (nSPS) is 27.7. The van der Waals surface area contributed by atoms with E-state index < -0.39 is 0 Å². The second kappa shape index (κ2) is 3.91. The Morgan fingerprint density at radius 1 is 1.22 bits per heavy atom. The van der Waals surface area contributed by atoms with Gasteiger partial charge in [-0.25, -0.2) is 15.0 Å². The number of hydrogen-bond acceptors (Lipinski definition) is 5. The summed E-state index contributed by atoms with van der Waals surface area (Å²) in [6.07, 6.45) is 5.87. The SMILES string of the molecule is c1nc(N2CCCC3CNCC32)c2[nH]cnc2n1. The molecule has 0 aliphatic carbocycles. The minimum atomic E-state index is 0.570. The lowest BCUT2D eigenvalue weighted by Crippen LogP contribution is -2.45. The molecule has 94 valence electrons. The molecule has 0 spiro atoms. The van der Waals surface area contributed by atoms with E-state index in [1.807, 2.05) is 0 Å². The highest BCUT2D eigenvalue weighted by molar-refractivity contribution is 5.82. The number of fused-ring (bicyclic) bond motifs is 2. The summed E-state index contributed by atoms with van der Waals surface area (Å²) in [5.74, 6) is 1.77. The molecular formula is C12H16N6. The zero-order valence-corrected chi connectivity index (χ0v) is 10.1. The highest BCUT2D eigenvalue weighted by Crippen LogP contribution is 2.31. The molecule has 2 atom stereocenters. The van der Waals surface area contributed by atoms with Crippen LogP contribution < -0.4 is 10.2 Å². The van der Waals surface area contributed by atoms with Crippen LogP contribution in [-0.4, -0.2) is 45.6 Å². The van der Waals surface area contributed by atoms with Gasteiger partial charge in [0.25, 0.3) is 0 Å². The zero-order valence-electron chi connectivity index (χ0n) is 10.1. The number of nitrogens with one attached hydrogen (secondary N) is 2. The van der Waals surface area contributed by atoms with Gasteiger partial charge in [0.05, 0.1) is 6.33 Å². The molecule has 2 unspecified atom stereocenters. The van der Waals surface area contributed by atoms with E-state index in [4.69, 9.17) is 0 Å². The van der Waals surface area contributed by atoms with Crippen LogP contribution in [0.3, 0.4) is 0 Å². The summed E-state index contributed by atoms with van der Waals surface area (Å²) in [5.41, 5.74) is 1.72. The number of aromatic nitrogens is 4. The molecule has 2 aromatic heterocycles. The lowest BCUT2D eigenvalue weighted by atomic mass is 9.92. The molecule has 0 saturated carbocycles. The number of imidazole rings is 1.